The van der Waals surface area contributed by atoms with Crippen LogP contribution in [-0.2, 0) is 0 Å². The van der Waals surface area contributed by atoms with Gasteiger partial charge in [0.15, 0.2) is 0 Å². The fourth-order valence-corrected chi connectivity index (χ4v) is 2.54. The second kappa shape index (κ2) is 5.16. The zero-order valence-electron chi connectivity index (χ0n) is 11.9. The number of aromatic amines is 1. The molecular formula is C15H9N3O6. The smallest absolute Gasteiger partial charge is 0.342 e. The second-order valence-electron chi connectivity index (χ2n) is 4.97. The van der Waals surface area contributed by atoms with Crippen molar-refractivity contribution in [2.24, 2.45) is 4.99 Å². The van der Waals surface area contributed by atoms with E-state index in [2.05, 4.69) is 4.99 Å². The summed E-state index contributed by atoms with van der Waals surface area (Å²) in [4.78, 5) is 52.2. The topological polar surface area (TPSA) is 163 Å². The Morgan fingerprint density at radius 2 is 1.75 bits per heavy atom. The number of nitrogen functional groups attached to an aromatic ring is 1. The van der Waals surface area contributed by atoms with Crippen molar-refractivity contribution in [3.8, 4) is 11.1 Å². The number of fused-ring (bicyclic) bond motifs is 1. The van der Waals surface area contributed by atoms with E-state index in [0.717, 1.165) is 0 Å². The van der Waals surface area contributed by atoms with Gasteiger partial charge in [-0.15, -0.1) is 0 Å². The molecule has 2 aromatic rings. The Bertz CT molecular complexity index is 1020. The number of aromatic nitrogens is 1. The highest BCUT2D eigenvalue weighted by molar-refractivity contribution is 6.14. The van der Waals surface area contributed by atoms with Gasteiger partial charge in [-0.1, -0.05) is 12.1 Å². The van der Waals surface area contributed by atoms with Gasteiger partial charge >= 0.3 is 11.9 Å². The number of anilines is 1. The molecule has 0 radical (unpaired) electrons. The van der Waals surface area contributed by atoms with Crippen molar-refractivity contribution in [3.05, 3.63) is 50.8 Å². The van der Waals surface area contributed by atoms with Gasteiger partial charge in [-0.3, -0.25) is 9.59 Å². The minimum atomic E-state index is -1.61. The van der Waals surface area contributed by atoms with Gasteiger partial charge in [-0.2, -0.15) is 0 Å². The molecule has 0 atom stereocenters. The molecule has 0 unspecified atom stereocenters. The van der Waals surface area contributed by atoms with E-state index in [1.807, 2.05) is 4.98 Å². The zero-order chi connectivity index (χ0) is 17.6. The van der Waals surface area contributed by atoms with Gasteiger partial charge in [0.2, 0.25) is 0 Å². The lowest BCUT2D eigenvalue weighted by Gasteiger charge is -2.12. The quantitative estimate of drug-likeness (QED) is 0.641. The first-order valence-corrected chi connectivity index (χ1v) is 6.56. The van der Waals surface area contributed by atoms with Crippen molar-refractivity contribution >= 4 is 29.9 Å². The van der Waals surface area contributed by atoms with E-state index in [1.54, 1.807) is 0 Å². The maximum Gasteiger partial charge on any atom is 0.342 e. The number of carboxylic acids is 2. The Morgan fingerprint density at radius 1 is 1.08 bits per heavy atom. The molecule has 9 heteroatoms. The van der Waals surface area contributed by atoms with Crippen LogP contribution in [0.4, 0.5) is 5.82 Å². The van der Waals surface area contributed by atoms with Crippen LogP contribution in [0, 0.1) is 0 Å². The summed E-state index contributed by atoms with van der Waals surface area (Å²) in [7, 11) is 0. The van der Waals surface area contributed by atoms with Crippen molar-refractivity contribution in [3.63, 3.8) is 0 Å². The number of aromatic carboxylic acids is 2. The van der Waals surface area contributed by atoms with Crippen LogP contribution >= 0.6 is 0 Å². The van der Waals surface area contributed by atoms with Crippen LogP contribution in [0.5, 0.6) is 0 Å². The van der Waals surface area contributed by atoms with Crippen LogP contribution < -0.4 is 11.3 Å². The van der Waals surface area contributed by atoms with Gasteiger partial charge in [0, 0.05) is 17.3 Å². The zero-order valence-corrected chi connectivity index (χ0v) is 11.9. The molecule has 5 N–H and O–H groups in total. The molecule has 0 fully saturated rings. The lowest BCUT2D eigenvalue weighted by atomic mass is 9.93. The first kappa shape index (κ1) is 15.2. The Hall–Kier alpha value is -3.75. The number of amides is 1. The van der Waals surface area contributed by atoms with Gasteiger partial charge in [0.25, 0.3) is 11.5 Å². The van der Waals surface area contributed by atoms with E-state index in [9.17, 15) is 29.4 Å². The predicted octanol–water partition coefficient (Wildman–Crippen LogP) is 0.593. The third kappa shape index (κ3) is 2.15. The third-order valence-electron chi connectivity index (χ3n) is 3.57. The van der Waals surface area contributed by atoms with Gasteiger partial charge < -0.3 is 20.9 Å². The first-order chi connectivity index (χ1) is 11.3. The molecule has 0 aliphatic carbocycles. The van der Waals surface area contributed by atoms with Crippen molar-refractivity contribution in [2.75, 3.05) is 5.73 Å². The normalized spacial score (nSPS) is 12.2. The number of H-pyrrole nitrogens is 1. The number of nitrogens with one attached hydrogen (secondary N) is 1. The first-order valence-electron chi connectivity index (χ1n) is 6.56. The highest BCUT2D eigenvalue weighted by Gasteiger charge is 2.27. The van der Waals surface area contributed by atoms with Gasteiger partial charge in [0.05, 0.1) is 5.56 Å². The Kier molecular flexibility index (Phi) is 3.26. The van der Waals surface area contributed by atoms with Gasteiger partial charge in [0.1, 0.15) is 16.9 Å². The highest BCUT2D eigenvalue weighted by atomic mass is 16.4. The maximum absolute atomic E-state index is 11.9. The number of pyridine rings is 1. The van der Waals surface area contributed by atoms with Crippen LogP contribution in [0.25, 0.3) is 11.1 Å². The molecule has 2 heterocycles. The van der Waals surface area contributed by atoms with Crippen molar-refractivity contribution < 1.29 is 24.6 Å². The number of hydrogen-bond donors (Lipinski definition) is 4. The monoisotopic (exact) mass is 327 g/mol. The number of aliphatic imine (C=N–C) groups is 1. The molecule has 9 nitrogen and oxygen atoms in total. The molecule has 24 heavy (non-hydrogen) atoms. The molecule has 0 saturated carbocycles. The number of carbonyl (C=O) groups excluding carboxylic acids is 1. The van der Waals surface area contributed by atoms with E-state index in [4.69, 9.17) is 5.73 Å². The summed E-state index contributed by atoms with van der Waals surface area (Å²) in [6.45, 7) is 0. The molecule has 1 aliphatic rings. The standard InChI is InChI=1S/C15H9N3O6/c16-11-9(14(21)22)8(10(15(23)24)13(20)18-11)5-1-2-6-4-17-12(19)7(6)3-5/h1-4H,(H,21,22)(H,23,24)(H3,16,18,20). The largest absolute Gasteiger partial charge is 0.478 e. The fourth-order valence-electron chi connectivity index (χ4n) is 2.54. The third-order valence-corrected chi connectivity index (χ3v) is 3.57. The number of carboxylic acid groups (broad SMARTS) is 2. The molecule has 3 rings (SSSR count). The molecule has 1 aliphatic heterocycles. The summed E-state index contributed by atoms with van der Waals surface area (Å²) in [5.74, 6) is -4.14. The summed E-state index contributed by atoms with van der Waals surface area (Å²) in [5.41, 5.74) is 3.58. The summed E-state index contributed by atoms with van der Waals surface area (Å²) < 4.78 is 0. The van der Waals surface area contributed by atoms with Crippen LogP contribution in [0.2, 0.25) is 0 Å². The number of benzene rings is 1. The SMILES string of the molecule is Nc1[nH]c(=O)c(C(=O)O)c(-c2ccc3c(c2)C(=O)N=C3)c1C(=O)O. The molecular weight excluding hydrogens is 318 g/mol. The number of hydrogen-bond acceptors (Lipinski definition) is 5. The summed E-state index contributed by atoms with van der Waals surface area (Å²) in [5, 5.41) is 18.7. The summed E-state index contributed by atoms with van der Waals surface area (Å²) in [6.07, 6.45) is 1.34. The van der Waals surface area contributed by atoms with Crippen LogP contribution in [0.3, 0.4) is 0 Å². The number of carbonyl (C=O) groups is 3. The van der Waals surface area contributed by atoms with Crippen LogP contribution in [0.1, 0.15) is 36.6 Å². The molecule has 1 aromatic carbocycles. The molecule has 1 amide bonds. The minimum absolute atomic E-state index is 0.0696. The molecule has 0 bridgehead atoms. The van der Waals surface area contributed by atoms with Crippen LogP contribution in [0.15, 0.2) is 28.0 Å². The average molecular weight is 327 g/mol. The second-order valence-corrected chi connectivity index (χ2v) is 4.97. The predicted molar refractivity (Wildman–Crippen MR) is 82.8 cm³/mol. The molecule has 0 spiro atoms. The lowest BCUT2D eigenvalue weighted by molar-refractivity contribution is 0.0695. The Balaban J connectivity index is 2.41. The number of nitrogens with zero attached hydrogens (tertiary/aromatic N) is 1. The minimum Gasteiger partial charge on any atom is -0.478 e. The fraction of sp³-hybridized carbons (Fsp3) is 0. The molecule has 1 aromatic heterocycles. The number of rotatable bonds is 3. The average Bonchev–Trinajstić information content (AvgIpc) is 2.86. The number of nitrogens with two attached hydrogens (primary N) is 1. The molecule has 120 valence electrons. The van der Waals surface area contributed by atoms with Crippen molar-refractivity contribution in [2.45, 2.75) is 0 Å². The summed E-state index contributed by atoms with van der Waals surface area (Å²) >= 11 is 0. The highest BCUT2D eigenvalue weighted by Crippen LogP contribution is 2.31. The lowest BCUT2D eigenvalue weighted by Crippen LogP contribution is -2.24. The maximum atomic E-state index is 11.9. The van der Waals surface area contributed by atoms with Crippen molar-refractivity contribution in [1.82, 2.24) is 4.98 Å². The van der Waals surface area contributed by atoms with E-state index < -0.39 is 40.3 Å². The Morgan fingerprint density at radius 3 is 2.38 bits per heavy atom. The van der Waals surface area contributed by atoms with Gasteiger partial charge in [-0.05, 0) is 11.6 Å². The summed E-state index contributed by atoms with van der Waals surface area (Å²) in [6, 6.07) is 4.17. The van der Waals surface area contributed by atoms with Crippen LogP contribution in [-0.4, -0.2) is 39.3 Å². The van der Waals surface area contributed by atoms with E-state index in [0.29, 0.717) is 5.56 Å². The molecule has 0 saturated heterocycles. The van der Waals surface area contributed by atoms with E-state index in [1.165, 1.54) is 24.4 Å². The van der Waals surface area contributed by atoms with Gasteiger partial charge in [-0.25, -0.2) is 14.6 Å². The van der Waals surface area contributed by atoms with E-state index >= 15 is 0 Å². The Labute approximate surface area is 133 Å². The van der Waals surface area contributed by atoms with E-state index in [-0.39, 0.29) is 16.7 Å². The van der Waals surface area contributed by atoms with Crippen molar-refractivity contribution in [1.29, 1.82) is 0 Å².